The summed E-state index contributed by atoms with van der Waals surface area (Å²) in [6, 6.07) is 4.96. The molecule has 11 heteroatoms. The van der Waals surface area contributed by atoms with Gasteiger partial charge in [-0.25, -0.2) is 9.07 Å². The fraction of sp³-hybridized carbons (Fsp3) is 0.500. The van der Waals surface area contributed by atoms with Crippen LogP contribution in [0.25, 0.3) is 5.69 Å². The number of rotatable bonds is 4. The van der Waals surface area contributed by atoms with Gasteiger partial charge in [-0.15, -0.1) is 0 Å². The molecule has 0 radical (unpaired) electrons. The molecule has 2 aliphatic heterocycles. The SMILES string of the molecule is O=C(CN1CCCN(C(=O)c2cnn(-c3ccccc3F)c2C(F)(F)F)CC1)N1CCCC1. The van der Waals surface area contributed by atoms with Crippen molar-refractivity contribution >= 4 is 11.8 Å². The minimum Gasteiger partial charge on any atom is -0.342 e. The number of aromatic nitrogens is 2. The average molecular weight is 467 g/mol. The molecule has 2 aromatic rings. The van der Waals surface area contributed by atoms with Crippen molar-refractivity contribution in [2.75, 3.05) is 45.8 Å². The summed E-state index contributed by atoms with van der Waals surface area (Å²) >= 11 is 0. The van der Waals surface area contributed by atoms with Gasteiger partial charge in [-0.05, 0) is 31.4 Å². The summed E-state index contributed by atoms with van der Waals surface area (Å²) in [5.74, 6) is -1.64. The van der Waals surface area contributed by atoms with E-state index >= 15 is 0 Å². The molecule has 1 aromatic carbocycles. The van der Waals surface area contributed by atoms with E-state index in [1.807, 2.05) is 9.80 Å². The lowest BCUT2D eigenvalue weighted by molar-refractivity contribution is -0.143. The van der Waals surface area contributed by atoms with Crippen LogP contribution in [0, 0.1) is 5.82 Å². The zero-order valence-corrected chi connectivity index (χ0v) is 18.0. The first-order chi connectivity index (χ1) is 15.8. The second kappa shape index (κ2) is 9.50. The molecule has 0 atom stereocenters. The van der Waals surface area contributed by atoms with Crippen molar-refractivity contribution in [1.82, 2.24) is 24.5 Å². The lowest BCUT2D eigenvalue weighted by Gasteiger charge is -2.24. The smallest absolute Gasteiger partial charge is 0.342 e. The quantitative estimate of drug-likeness (QED) is 0.649. The average Bonchev–Trinajstić information content (AvgIpc) is 3.41. The molecule has 2 saturated heterocycles. The summed E-state index contributed by atoms with van der Waals surface area (Å²) in [5, 5.41) is 3.70. The molecule has 0 N–H and O–H groups in total. The van der Waals surface area contributed by atoms with E-state index in [9.17, 15) is 27.2 Å². The summed E-state index contributed by atoms with van der Waals surface area (Å²) in [4.78, 5) is 30.6. The highest BCUT2D eigenvalue weighted by Crippen LogP contribution is 2.34. The monoisotopic (exact) mass is 467 g/mol. The van der Waals surface area contributed by atoms with E-state index in [-0.39, 0.29) is 31.2 Å². The topological polar surface area (TPSA) is 61.7 Å². The van der Waals surface area contributed by atoms with Crippen molar-refractivity contribution in [3.05, 3.63) is 47.5 Å². The maximum atomic E-state index is 14.2. The van der Waals surface area contributed by atoms with Crippen molar-refractivity contribution in [1.29, 1.82) is 0 Å². The number of carbonyl (C=O) groups is 2. The Morgan fingerprint density at radius 1 is 0.909 bits per heavy atom. The number of carbonyl (C=O) groups excluding carboxylic acids is 2. The number of benzene rings is 1. The maximum Gasteiger partial charge on any atom is 0.434 e. The third-order valence-corrected chi connectivity index (χ3v) is 6.04. The summed E-state index contributed by atoms with van der Waals surface area (Å²) in [6.45, 7) is 3.15. The summed E-state index contributed by atoms with van der Waals surface area (Å²) < 4.78 is 56.3. The van der Waals surface area contributed by atoms with Crippen molar-refractivity contribution in [3.8, 4) is 5.69 Å². The predicted molar refractivity (Wildman–Crippen MR) is 111 cm³/mol. The van der Waals surface area contributed by atoms with E-state index < -0.39 is 29.2 Å². The van der Waals surface area contributed by atoms with Crippen LogP contribution >= 0.6 is 0 Å². The summed E-state index contributed by atoms with van der Waals surface area (Å²) in [7, 11) is 0. The zero-order valence-electron chi connectivity index (χ0n) is 18.0. The molecule has 33 heavy (non-hydrogen) atoms. The second-order valence-electron chi connectivity index (χ2n) is 8.28. The van der Waals surface area contributed by atoms with Gasteiger partial charge in [0.2, 0.25) is 5.91 Å². The fourth-order valence-corrected chi connectivity index (χ4v) is 4.34. The molecule has 0 aliphatic carbocycles. The number of nitrogens with zero attached hydrogens (tertiary/aromatic N) is 5. The Hall–Kier alpha value is -2.95. The lowest BCUT2D eigenvalue weighted by atomic mass is 10.2. The first kappa shape index (κ1) is 23.2. The van der Waals surface area contributed by atoms with Crippen LogP contribution in [-0.2, 0) is 11.0 Å². The predicted octanol–water partition coefficient (Wildman–Crippen LogP) is 2.80. The molecule has 0 saturated carbocycles. The highest BCUT2D eigenvalue weighted by Gasteiger charge is 2.42. The third kappa shape index (κ3) is 5.02. The molecule has 3 heterocycles. The van der Waals surface area contributed by atoms with Gasteiger partial charge in [0.25, 0.3) is 5.91 Å². The van der Waals surface area contributed by atoms with Gasteiger partial charge in [0, 0.05) is 39.3 Å². The number of halogens is 4. The zero-order chi connectivity index (χ0) is 23.6. The minimum absolute atomic E-state index is 0.0396. The van der Waals surface area contributed by atoms with Crippen LogP contribution in [0.5, 0.6) is 0 Å². The molecule has 2 aliphatic rings. The molecule has 178 valence electrons. The van der Waals surface area contributed by atoms with Gasteiger partial charge in [-0.3, -0.25) is 14.5 Å². The van der Waals surface area contributed by atoms with Gasteiger partial charge < -0.3 is 9.80 Å². The van der Waals surface area contributed by atoms with Gasteiger partial charge >= 0.3 is 6.18 Å². The van der Waals surface area contributed by atoms with Crippen LogP contribution in [0.3, 0.4) is 0 Å². The van der Waals surface area contributed by atoms with E-state index in [1.54, 1.807) is 0 Å². The summed E-state index contributed by atoms with van der Waals surface area (Å²) in [5.41, 5.74) is -2.30. The van der Waals surface area contributed by atoms with Crippen molar-refractivity contribution in [3.63, 3.8) is 0 Å². The molecule has 2 amide bonds. The Kier molecular flexibility index (Phi) is 6.68. The van der Waals surface area contributed by atoms with Crippen LogP contribution in [-0.4, -0.2) is 82.1 Å². The van der Waals surface area contributed by atoms with E-state index in [2.05, 4.69) is 5.10 Å². The fourth-order valence-electron chi connectivity index (χ4n) is 4.34. The van der Waals surface area contributed by atoms with Gasteiger partial charge in [0.05, 0.1) is 18.3 Å². The lowest BCUT2D eigenvalue weighted by Crippen LogP contribution is -2.41. The van der Waals surface area contributed by atoms with Gasteiger partial charge in [0.1, 0.15) is 11.5 Å². The Morgan fingerprint density at radius 2 is 1.61 bits per heavy atom. The summed E-state index contributed by atoms with van der Waals surface area (Å²) in [6.07, 6.45) is -1.55. The van der Waals surface area contributed by atoms with Gasteiger partial charge in [-0.2, -0.15) is 18.3 Å². The van der Waals surface area contributed by atoms with Crippen LogP contribution in [0.15, 0.2) is 30.5 Å². The molecular weight excluding hydrogens is 442 g/mol. The number of hydrogen-bond donors (Lipinski definition) is 0. The Bertz CT molecular complexity index is 1020. The molecule has 2 fully saturated rings. The number of alkyl halides is 3. The molecule has 0 unspecified atom stereocenters. The minimum atomic E-state index is -4.91. The van der Waals surface area contributed by atoms with Crippen LogP contribution < -0.4 is 0 Å². The molecule has 1 aromatic heterocycles. The standard InChI is InChI=1S/C22H25F4N5O2/c23-17-6-1-2-7-18(17)31-20(22(24,25)26)16(14-27-31)21(33)30-11-5-8-28(12-13-30)15-19(32)29-9-3-4-10-29/h1-2,6-7,14H,3-5,8-13,15H2. The van der Waals surface area contributed by atoms with Crippen molar-refractivity contribution in [2.45, 2.75) is 25.4 Å². The van der Waals surface area contributed by atoms with E-state index in [1.165, 1.54) is 23.1 Å². The third-order valence-electron chi connectivity index (χ3n) is 6.04. The molecule has 0 spiro atoms. The maximum absolute atomic E-state index is 14.2. The van der Waals surface area contributed by atoms with Crippen LogP contribution in [0.4, 0.5) is 17.6 Å². The highest BCUT2D eigenvalue weighted by molar-refractivity contribution is 5.95. The highest BCUT2D eigenvalue weighted by atomic mass is 19.4. The van der Waals surface area contributed by atoms with Gasteiger partial charge in [-0.1, -0.05) is 12.1 Å². The van der Waals surface area contributed by atoms with Crippen molar-refractivity contribution < 1.29 is 27.2 Å². The second-order valence-corrected chi connectivity index (χ2v) is 8.28. The molecular formula is C22H25F4N5O2. The van der Waals surface area contributed by atoms with Gasteiger partial charge in [0.15, 0.2) is 5.69 Å². The first-order valence-electron chi connectivity index (χ1n) is 10.9. The van der Waals surface area contributed by atoms with Crippen LogP contribution in [0.1, 0.15) is 35.3 Å². The first-order valence-corrected chi connectivity index (χ1v) is 10.9. The molecule has 4 rings (SSSR count). The van der Waals surface area contributed by atoms with E-state index in [0.29, 0.717) is 24.2 Å². The molecule has 0 bridgehead atoms. The number of para-hydroxylation sites is 1. The Labute approximate surface area is 188 Å². The number of amides is 2. The largest absolute Gasteiger partial charge is 0.434 e. The number of likely N-dealkylation sites (tertiary alicyclic amines) is 1. The van der Waals surface area contributed by atoms with E-state index in [4.69, 9.17) is 0 Å². The van der Waals surface area contributed by atoms with E-state index in [0.717, 1.165) is 38.2 Å². The Balaban J connectivity index is 1.51. The Morgan fingerprint density at radius 3 is 2.30 bits per heavy atom. The molecule has 7 nitrogen and oxygen atoms in total. The van der Waals surface area contributed by atoms with Crippen LogP contribution in [0.2, 0.25) is 0 Å². The van der Waals surface area contributed by atoms with Crippen molar-refractivity contribution in [2.24, 2.45) is 0 Å². The number of hydrogen-bond acceptors (Lipinski definition) is 4. The normalized spacial score (nSPS) is 17.9.